The minimum atomic E-state index is -0.230. The second-order valence-electron chi connectivity index (χ2n) is 6.17. The molecule has 0 aliphatic heterocycles. The monoisotopic (exact) mass is 392 g/mol. The molecule has 0 radical (unpaired) electrons. The number of hydrogen-bond donors (Lipinski definition) is 2. The lowest BCUT2D eigenvalue weighted by molar-refractivity contribution is 0.240. The summed E-state index contributed by atoms with van der Waals surface area (Å²) in [5.74, 6) is 1.74. The largest absolute Gasteiger partial charge is 0.490 e. The highest BCUT2D eigenvalue weighted by Gasteiger charge is 2.06. The van der Waals surface area contributed by atoms with Gasteiger partial charge in [-0.15, -0.1) is 0 Å². The van der Waals surface area contributed by atoms with Crippen molar-refractivity contribution in [1.29, 1.82) is 0 Å². The summed E-state index contributed by atoms with van der Waals surface area (Å²) >= 11 is 0. The molecule has 3 rings (SSSR count). The molecule has 7 nitrogen and oxygen atoms in total. The lowest BCUT2D eigenvalue weighted by Gasteiger charge is -2.11. The summed E-state index contributed by atoms with van der Waals surface area (Å²) in [6, 6.07) is 16.6. The van der Waals surface area contributed by atoms with Crippen LogP contribution in [0.15, 0.2) is 67.0 Å². The molecule has 0 saturated heterocycles. The summed E-state index contributed by atoms with van der Waals surface area (Å²) in [6.07, 6.45) is 4.10. The van der Waals surface area contributed by atoms with Crippen LogP contribution in [0, 0.1) is 0 Å². The van der Waals surface area contributed by atoms with Gasteiger partial charge in [0.1, 0.15) is 0 Å². The van der Waals surface area contributed by atoms with Gasteiger partial charge in [0.05, 0.1) is 6.61 Å². The fourth-order valence-electron chi connectivity index (χ4n) is 2.59. The molecule has 0 bridgehead atoms. The van der Waals surface area contributed by atoms with E-state index in [0.717, 1.165) is 11.3 Å². The molecular weight excluding hydrogens is 368 g/mol. The van der Waals surface area contributed by atoms with Gasteiger partial charge in [-0.05, 0) is 36.8 Å². The van der Waals surface area contributed by atoms with Gasteiger partial charge < -0.3 is 20.1 Å². The molecular formula is C22H24N4O3. The first kappa shape index (κ1) is 20.1. The van der Waals surface area contributed by atoms with E-state index in [9.17, 15) is 4.79 Å². The summed E-state index contributed by atoms with van der Waals surface area (Å²) in [4.78, 5) is 20.4. The number of amides is 2. The number of rotatable bonds is 9. The smallest absolute Gasteiger partial charge is 0.315 e. The molecule has 1 aromatic carbocycles. The number of aromatic nitrogens is 2. The summed E-state index contributed by atoms with van der Waals surface area (Å²) in [6.45, 7) is 3.37. The van der Waals surface area contributed by atoms with Crippen LogP contribution < -0.4 is 20.1 Å². The Labute approximate surface area is 170 Å². The van der Waals surface area contributed by atoms with E-state index < -0.39 is 0 Å². The zero-order valence-electron chi connectivity index (χ0n) is 16.3. The van der Waals surface area contributed by atoms with Crippen molar-refractivity contribution in [2.75, 3.05) is 13.2 Å². The normalized spacial score (nSPS) is 10.2. The van der Waals surface area contributed by atoms with E-state index in [1.54, 1.807) is 18.5 Å². The summed E-state index contributed by atoms with van der Waals surface area (Å²) in [5, 5.41) is 5.62. The van der Waals surface area contributed by atoms with Gasteiger partial charge >= 0.3 is 6.03 Å². The highest BCUT2D eigenvalue weighted by molar-refractivity contribution is 5.73. The molecule has 0 spiro atoms. The molecule has 0 saturated carbocycles. The Hall–Kier alpha value is -3.61. The Bertz CT molecular complexity index is 901. The lowest BCUT2D eigenvalue weighted by Crippen LogP contribution is -2.36. The van der Waals surface area contributed by atoms with Crippen molar-refractivity contribution in [3.05, 3.63) is 78.2 Å². The number of para-hydroxylation sites is 2. The average Bonchev–Trinajstić information content (AvgIpc) is 2.76. The second-order valence-corrected chi connectivity index (χ2v) is 6.17. The maximum absolute atomic E-state index is 11.9. The molecule has 0 aliphatic rings. The first-order valence-electron chi connectivity index (χ1n) is 9.51. The molecule has 0 atom stereocenters. The van der Waals surface area contributed by atoms with Gasteiger partial charge in [-0.2, -0.15) is 0 Å². The molecule has 3 aromatic rings. The Kier molecular flexibility index (Phi) is 7.40. The van der Waals surface area contributed by atoms with E-state index in [2.05, 4.69) is 20.6 Å². The van der Waals surface area contributed by atoms with E-state index in [4.69, 9.17) is 9.47 Å². The molecule has 2 heterocycles. The van der Waals surface area contributed by atoms with Crippen LogP contribution in [0.2, 0.25) is 0 Å². The topological polar surface area (TPSA) is 85.4 Å². The Morgan fingerprint density at radius 2 is 1.79 bits per heavy atom. The number of carbonyl (C=O) groups excluding carboxylic acids is 1. The van der Waals surface area contributed by atoms with E-state index in [0.29, 0.717) is 43.5 Å². The van der Waals surface area contributed by atoms with Gasteiger partial charge in [0, 0.05) is 43.7 Å². The fourth-order valence-corrected chi connectivity index (χ4v) is 2.59. The number of nitrogens with zero attached hydrogens (tertiary/aromatic N) is 2. The number of urea groups is 1. The summed E-state index contributed by atoms with van der Waals surface area (Å²) < 4.78 is 11.3. The Balaban J connectivity index is 1.44. The van der Waals surface area contributed by atoms with E-state index >= 15 is 0 Å². The molecule has 0 aliphatic carbocycles. The third-order valence-corrected chi connectivity index (χ3v) is 4.01. The molecule has 2 aromatic heterocycles. The Morgan fingerprint density at radius 1 is 0.966 bits per heavy atom. The number of ether oxygens (including phenoxy) is 2. The highest BCUT2D eigenvalue weighted by Crippen LogP contribution is 2.30. The average molecular weight is 392 g/mol. The van der Waals surface area contributed by atoms with Crippen molar-refractivity contribution in [2.24, 2.45) is 0 Å². The summed E-state index contributed by atoms with van der Waals surface area (Å²) in [7, 11) is 0. The molecule has 7 heteroatoms. The standard InChI is InChI=1S/C22H24N4O3/c1-2-28-19-8-3-4-9-20(19)29-21-11-10-17(15-25-21)16-26-22(27)24-14-12-18-7-5-6-13-23-18/h3-11,13,15H,2,12,14,16H2,1H3,(H2,24,26,27). The lowest BCUT2D eigenvalue weighted by atomic mass is 10.3. The van der Waals surface area contributed by atoms with Crippen molar-refractivity contribution >= 4 is 6.03 Å². The van der Waals surface area contributed by atoms with E-state index in [1.165, 1.54) is 0 Å². The number of pyridine rings is 2. The van der Waals surface area contributed by atoms with Crippen LogP contribution in [0.25, 0.3) is 0 Å². The third kappa shape index (κ3) is 6.49. The zero-order valence-corrected chi connectivity index (χ0v) is 16.3. The van der Waals surface area contributed by atoms with Crippen LogP contribution >= 0.6 is 0 Å². The minimum Gasteiger partial charge on any atom is -0.490 e. The zero-order chi connectivity index (χ0) is 20.3. The van der Waals surface area contributed by atoms with Crippen molar-refractivity contribution in [3.63, 3.8) is 0 Å². The van der Waals surface area contributed by atoms with Crippen LogP contribution in [0.1, 0.15) is 18.2 Å². The maximum atomic E-state index is 11.9. The molecule has 0 fully saturated rings. The van der Waals surface area contributed by atoms with Crippen LogP contribution in [0.4, 0.5) is 4.79 Å². The predicted octanol–water partition coefficient (Wildman–Crippen LogP) is 3.71. The third-order valence-electron chi connectivity index (χ3n) is 4.01. The van der Waals surface area contributed by atoms with Crippen LogP contribution in [-0.2, 0) is 13.0 Å². The van der Waals surface area contributed by atoms with Crippen molar-refractivity contribution in [3.8, 4) is 17.4 Å². The fraction of sp³-hybridized carbons (Fsp3) is 0.227. The van der Waals surface area contributed by atoms with Crippen LogP contribution in [0.3, 0.4) is 0 Å². The molecule has 0 unspecified atom stereocenters. The molecule has 2 amide bonds. The van der Waals surface area contributed by atoms with Gasteiger partial charge in [0.15, 0.2) is 11.5 Å². The SMILES string of the molecule is CCOc1ccccc1Oc1ccc(CNC(=O)NCCc2ccccn2)cn1. The first-order valence-corrected chi connectivity index (χ1v) is 9.51. The van der Waals surface area contributed by atoms with Gasteiger partial charge in [-0.25, -0.2) is 9.78 Å². The van der Waals surface area contributed by atoms with Crippen LogP contribution in [0.5, 0.6) is 17.4 Å². The minimum absolute atomic E-state index is 0.230. The Morgan fingerprint density at radius 3 is 2.52 bits per heavy atom. The highest BCUT2D eigenvalue weighted by atomic mass is 16.5. The predicted molar refractivity (Wildman–Crippen MR) is 110 cm³/mol. The second kappa shape index (κ2) is 10.7. The van der Waals surface area contributed by atoms with Crippen molar-refractivity contribution in [2.45, 2.75) is 19.9 Å². The van der Waals surface area contributed by atoms with Crippen molar-refractivity contribution < 1.29 is 14.3 Å². The van der Waals surface area contributed by atoms with Crippen LogP contribution in [-0.4, -0.2) is 29.2 Å². The maximum Gasteiger partial charge on any atom is 0.315 e. The number of nitrogens with one attached hydrogen (secondary N) is 2. The molecule has 150 valence electrons. The van der Waals surface area contributed by atoms with E-state index in [1.807, 2.05) is 55.5 Å². The first-order chi connectivity index (χ1) is 14.2. The van der Waals surface area contributed by atoms with Gasteiger partial charge in [-0.3, -0.25) is 4.98 Å². The molecule has 2 N–H and O–H groups in total. The number of carbonyl (C=O) groups is 1. The van der Waals surface area contributed by atoms with Crippen molar-refractivity contribution in [1.82, 2.24) is 20.6 Å². The molecule has 29 heavy (non-hydrogen) atoms. The number of hydrogen-bond acceptors (Lipinski definition) is 5. The number of benzene rings is 1. The van der Waals surface area contributed by atoms with E-state index in [-0.39, 0.29) is 6.03 Å². The van der Waals surface area contributed by atoms with Gasteiger partial charge in [-0.1, -0.05) is 24.3 Å². The summed E-state index contributed by atoms with van der Waals surface area (Å²) in [5.41, 5.74) is 1.81. The quantitative estimate of drug-likeness (QED) is 0.580. The van der Waals surface area contributed by atoms with Gasteiger partial charge in [0.25, 0.3) is 0 Å². The van der Waals surface area contributed by atoms with Gasteiger partial charge in [0.2, 0.25) is 5.88 Å².